The lowest BCUT2D eigenvalue weighted by molar-refractivity contribution is -0.148. The van der Waals surface area contributed by atoms with Gasteiger partial charge in [0.25, 0.3) is 5.56 Å². The van der Waals surface area contributed by atoms with Crippen molar-refractivity contribution >= 4 is 29.1 Å². The summed E-state index contributed by atoms with van der Waals surface area (Å²) in [6.07, 6.45) is 3.22. The minimum atomic E-state index is -0.300. The Kier molecular flexibility index (Phi) is 8.71. The van der Waals surface area contributed by atoms with Gasteiger partial charge in [0.05, 0.1) is 37.2 Å². The zero-order chi connectivity index (χ0) is 28.8. The van der Waals surface area contributed by atoms with Gasteiger partial charge in [-0.25, -0.2) is 4.79 Å². The van der Waals surface area contributed by atoms with Gasteiger partial charge < -0.3 is 29.5 Å². The van der Waals surface area contributed by atoms with Gasteiger partial charge >= 0.3 is 12.0 Å². The Morgan fingerprint density at radius 1 is 1.00 bits per heavy atom. The number of anilines is 3. The molecular weight excluding hydrogens is 524 g/mol. The molecule has 2 amide bonds. The Morgan fingerprint density at radius 2 is 1.78 bits per heavy atom. The maximum atomic E-state index is 14.0. The molecule has 1 N–H and O–H groups in total. The van der Waals surface area contributed by atoms with E-state index in [1.54, 1.807) is 31.2 Å². The van der Waals surface area contributed by atoms with E-state index in [-0.39, 0.29) is 23.5 Å². The number of nitrogens with one attached hydrogen (secondary N) is 1. The third-order valence-corrected chi connectivity index (χ3v) is 7.52. The number of nitrogens with zero attached hydrogens (tertiary/aromatic N) is 5. The molecule has 2 saturated heterocycles. The summed E-state index contributed by atoms with van der Waals surface area (Å²) in [5.74, 6) is 0.138. The van der Waals surface area contributed by atoms with Crippen molar-refractivity contribution in [3.05, 3.63) is 71.1 Å². The van der Waals surface area contributed by atoms with Crippen LogP contribution in [0.2, 0.25) is 0 Å². The monoisotopic (exact) mass is 560 g/mol. The van der Waals surface area contributed by atoms with Crippen molar-refractivity contribution in [1.29, 1.82) is 0 Å². The molecule has 5 rings (SSSR count). The van der Waals surface area contributed by atoms with Crippen LogP contribution in [0.3, 0.4) is 0 Å². The molecule has 3 aromatic rings. The number of rotatable bonds is 7. The van der Waals surface area contributed by atoms with E-state index in [2.05, 4.69) is 15.3 Å². The van der Waals surface area contributed by atoms with Crippen molar-refractivity contribution in [1.82, 2.24) is 14.7 Å². The molecule has 1 unspecified atom stereocenters. The van der Waals surface area contributed by atoms with E-state index >= 15 is 0 Å². The summed E-state index contributed by atoms with van der Waals surface area (Å²) < 4.78 is 12.0. The summed E-state index contributed by atoms with van der Waals surface area (Å²) >= 11 is 0. The number of esters is 1. The molecule has 41 heavy (non-hydrogen) atoms. The van der Waals surface area contributed by atoms with Crippen LogP contribution >= 0.6 is 0 Å². The highest BCUT2D eigenvalue weighted by atomic mass is 16.5. The van der Waals surface area contributed by atoms with Gasteiger partial charge in [-0.3, -0.25) is 9.59 Å². The lowest BCUT2D eigenvalue weighted by Gasteiger charge is -2.39. The molecule has 0 bridgehead atoms. The van der Waals surface area contributed by atoms with Gasteiger partial charge in [-0.15, -0.1) is 0 Å². The molecule has 1 aromatic heterocycles. The SMILES string of the molecule is CCOC(=O)C1CCCN(c2c(N3CCN(C(=O)Nc4cccc(OC)c4)CC3)cnn(-c3ccccc3)c2=O)C1. The van der Waals surface area contributed by atoms with Gasteiger partial charge in [-0.2, -0.15) is 9.78 Å². The number of carbonyl (C=O) groups excluding carboxylic acids is 2. The summed E-state index contributed by atoms with van der Waals surface area (Å²) in [4.78, 5) is 45.4. The van der Waals surface area contributed by atoms with Gasteiger partial charge in [-0.1, -0.05) is 24.3 Å². The van der Waals surface area contributed by atoms with E-state index in [1.165, 1.54) is 4.68 Å². The molecule has 11 heteroatoms. The maximum Gasteiger partial charge on any atom is 0.321 e. The van der Waals surface area contributed by atoms with Gasteiger partial charge in [0.1, 0.15) is 11.4 Å². The first-order valence-corrected chi connectivity index (χ1v) is 14.0. The molecule has 0 radical (unpaired) electrons. The van der Waals surface area contributed by atoms with Gasteiger partial charge in [0.2, 0.25) is 0 Å². The number of ether oxygens (including phenoxy) is 2. The van der Waals surface area contributed by atoms with Crippen molar-refractivity contribution in [2.75, 3.05) is 68.1 Å². The summed E-state index contributed by atoms with van der Waals surface area (Å²) in [7, 11) is 1.59. The molecule has 2 aliphatic rings. The van der Waals surface area contributed by atoms with Crippen LogP contribution < -0.4 is 25.4 Å². The van der Waals surface area contributed by atoms with E-state index < -0.39 is 0 Å². The first kappa shape index (κ1) is 28.0. The number of piperazine rings is 1. The van der Waals surface area contributed by atoms with Crippen molar-refractivity contribution in [3.63, 3.8) is 0 Å². The van der Waals surface area contributed by atoms with Crippen LogP contribution in [0, 0.1) is 5.92 Å². The quantitative estimate of drug-likeness (QED) is 0.438. The largest absolute Gasteiger partial charge is 0.497 e. The minimum absolute atomic E-state index is 0.191. The molecule has 3 heterocycles. The summed E-state index contributed by atoms with van der Waals surface area (Å²) in [6.45, 7) is 5.20. The summed E-state index contributed by atoms with van der Waals surface area (Å²) in [5, 5.41) is 7.46. The normalized spacial score (nSPS) is 17.2. The fraction of sp³-hybridized carbons (Fsp3) is 0.400. The number of hydrogen-bond donors (Lipinski definition) is 1. The number of amides is 2. The van der Waals surface area contributed by atoms with Crippen molar-refractivity contribution < 1.29 is 19.1 Å². The molecule has 2 aromatic carbocycles. The maximum absolute atomic E-state index is 14.0. The predicted molar refractivity (Wildman–Crippen MR) is 157 cm³/mol. The first-order chi connectivity index (χ1) is 20.0. The van der Waals surface area contributed by atoms with Crippen LogP contribution in [0.1, 0.15) is 19.8 Å². The highest BCUT2D eigenvalue weighted by Gasteiger charge is 2.32. The predicted octanol–water partition coefficient (Wildman–Crippen LogP) is 3.37. The number of piperidine rings is 1. The molecule has 2 aliphatic heterocycles. The van der Waals surface area contributed by atoms with E-state index in [4.69, 9.17) is 9.47 Å². The Hall–Kier alpha value is -4.54. The average Bonchev–Trinajstić information content (AvgIpc) is 3.01. The summed E-state index contributed by atoms with van der Waals surface area (Å²) in [6, 6.07) is 16.4. The Morgan fingerprint density at radius 3 is 2.51 bits per heavy atom. The average molecular weight is 561 g/mol. The van der Waals surface area contributed by atoms with E-state index in [0.717, 1.165) is 12.8 Å². The van der Waals surface area contributed by atoms with Gasteiger partial charge in [0.15, 0.2) is 0 Å². The number of benzene rings is 2. The number of para-hydroxylation sites is 1. The van der Waals surface area contributed by atoms with Crippen LogP contribution in [0.5, 0.6) is 5.75 Å². The van der Waals surface area contributed by atoms with E-state index in [0.29, 0.717) is 74.4 Å². The minimum Gasteiger partial charge on any atom is -0.497 e. The van der Waals surface area contributed by atoms with Gasteiger partial charge in [0, 0.05) is 51.0 Å². The second-order valence-corrected chi connectivity index (χ2v) is 10.1. The first-order valence-electron chi connectivity index (χ1n) is 14.0. The highest BCUT2D eigenvalue weighted by molar-refractivity contribution is 5.89. The Balaban J connectivity index is 1.38. The number of carbonyl (C=O) groups is 2. The molecule has 2 fully saturated rings. The third-order valence-electron chi connectivity index (χ3n) is 7.52. The number of aromatic nitrogens is 2. The molecule has 0 saturated carbocycles. The Labute approximate surface area is 239 Å². The standard InChI is InChI=1S/C30H36N6O5/c1-3-41-29(38)22-9-8-14-35(21-22)27-26(20-31-36(28(27)37)24-11-5-4-6-12-24)33-15-17-34(18-16-33)30(39)32-23-10-7-13-25(19-23)40-2/h4-7,10-13,19-20,22H,3,8-9,14-18,21H2,1-2H3,(H,32,39). The van der Waals surface area contributed by atoms with Gasteiger partial charge in [-0.05, 0) is 44.0 Å². The molecule has 0 spiro atoms. The van der Waals surface area contributed by atoms with Crippen molar-refractivity contribution in [3.8, 4) is 11.4 Å². The molecule has 11 nitrogen and oxygen atoms in total. The number of methoxy groups -OCH3 is 1. The lowest BCUT2D eigenvalue weighted by Crippen LogP contribution is -2.51. The lowest BCUT2D eigenvalue weighted by atomic mass is 9.97. The fourth-order valence-electron chi connectivity index (χ4n) is 5.40. The topological polar surface area (TPSA) is 109 Å². The summed E-state index contributed by atoms with van der Waals surface area (Å²) in [5.41, 5.74) is 2.32. The molecule has 1 atom stereocenters. The van der Waals surface area contributed by atoms with Crippen LogP contribution in [0.25, 0.3) is 5.69 Å². The number of urea groups is 1. The Bertz CT molecular complexity index is 1420. The van der Waals surface area contributed by atoms with Crippen molar-refractivity contribution in [2.24, 2.45) is 5.92 Å². The van der Waals surface area contributed by atoms with Crippen molar-refractivity contribution in [2.45, 2.75) is 19.8 Å². The third kappa shape index (κ3) is 6.29. The fourth-order valence-corrected chi connectivity index (χ4v) is 5.40. The van der Waals surface area contributed by atoms with Crippen LogP contribution in [-0.2, 0) is 9.53 Å². The van der Waals surface area contributed by atoms with Crippen LogP contribution in [0.4, 0.5) is 21.9 Å². The smallest absolute Gasteiger partial charge is 0.321 e. The zero-order valence-electron chi connectivity index (χ0n) is 23.5. The van der Waals surface area contributed by atoms with Crippen LogP contribution in [0.15, 0.2) is 65.6 Å². The second-order valence-electron chi connectivity index (χ2n) is 10.1. The van der Waals surface area contributed by atoms with E-state index in [9.17, 15) is 14.4 Å². The van der Waals surface area contributed by atoms with E-state index in [1.807, 2.05) is 53.4 Å². The zero-order valence-corrected chi connectivity index (χ0v) is 23.5. The second kappa shape index (κ2) is 12.8. The van der Waals surface area contributed by atoms with Crippen LogP contribution in [-0.4, -0.2) is 79.7 Å². The molecule has 0 aliphatic carbocycles. The molecule has 216 valence electrons. The molecular formula is C30H36N6O5. The number of hydrogen-bond acceptors (Lipinski definition) is 8. The highest BCUT2D eigenvalue weighted by Crippen LogP contribution is 2.31.